The second-order valence-corrected chi connectivity index (χ2v) is 3.87. The Morgan fingerprint density at radius 3 is 2.78 bits per heavy atom. The summed E-state index contributed by atoms with van der Waals surface area (Å²) in [7, 11) is 0. The van der Waals surface area contributed by atoms with Gasteiger partial charge in [0.2, 0.25) is 6.23 Å². The van der Waals surface area contributed by atoms with Gasteiger partial charge in [0, 0.05) is 6.20 Å². The van der Waals surface area contributed by atoms with Crippen LogP contribution in [0, 0.1) is 0 Å². The van der Waals surface area contributed by atoms with Crippen LogP contribution in [0.2, 0.25) is 0 Å². The summed E-state index contributed by atoms with van der Waals surface area (Å²) in [6.07, 6.45) is -4.69. The summed E-state index contributed by atoms with van der Waals surface area (Å²) < 4.78 is 32.7. The second-order valence-electron chi connectivity index (χ2n) is 3.87. The Hall–Kier alpha value is -1.58. The number of halogens is 2. The summed E-state index contributed by atoms with van der Waals surface area (Å²) in [4.78, 5) is 14.7. The van der Waals surface area contributed by atoms with Gasteiger partial charge in [-0.05, 0) is 6.07 Å². The van der Waals surface area contributed by atoms with Crippen LogP contribution in [0.3, 0.4) is 0 Å². The molecule has 1 aromatic rings. The molecular formula is C9H11F2N3O4. The number of anilines is 1. The lowest BCUT2D eigenvalue weighted by atomic mass is 10.1. The number of hydrogen-bond acceptors (Lipinski definition) is 6. The maximum atomic E-state index is 13.7. The molecule has 1 fully saturated rings. The third kappa shape index (κ3) is 1.85. The highest BCUT2D eigenvalue weighted by molar-refractivity contribution is 5.23. The summed E-state index contributed by atoms with van der Waals surface area (Å²) in [6, 6.07) is 1.15. The Bertz CT molecular complexity index is 507. The number of nitrogens with zero attached hydrogens (tertiary/aromatic N) is 2. The van der Waals surface area contributed by atoms with Crippen molar-refractivity contribution in [1.29, 1.82) is 0 Å². The van der Waals surface area contributed by atoms with Crippen LogP contribution in [0.15, 0.2) is 17.1 Å². The molecule has 1 saturated heterocycles. The number of rotatable bonds is 2. The van der Waals surface area contributed by atoms with Crippen molar-refractivity contribution in [2.24, 2.45) is 0 Å². The van der Waals surface area contributed by atoms with E-state index in [9.17, 15) is 18.7 Å². The zero-order chi connectivity index (χ0) is 13.5. The van der Waals surface area contributed by atoms with E-state index in [4.69, 9.17) is 15.6 Å². The van der Waals surface area contributed by atoms with Gasteiger partial charge in [-0.2, -0.15) is 13.8 Å². The smallest absolute Gasteiger partial charge is 0.351 e. The minimum atomic E-state index is -3.71. The molecule has 2 rings (SSSR count). The highest BCUT2D eigenvalue weighted by Gasteiger charge is 2.59. The lowest BCUT2D eigenvalue weighted by Crippen LogP contribution is -2.41. The fourth-order valence-electron chi connectivity index (χ4n) is 1.72. The van der Waals surface area contributed by atoms with Crippen molar-refractivity contribution in [3.05, 3.63) is 22.7 Å². The molecule has 0 unspecified atom stereocenters. The van der Waals surface area contributed by atoms with Crippen LogP contribution in [0.25, 0.3) is 0 Å². The first-order valence-corrected chi connectivity index (χ1v) is 5.04. The first kappa shape index (κ1) is 12.9. The van der Waals surface area contributed by atoms with E-state index >= 15 is 0 Å². The number of aromatic nitrogens is 2. The molecule has 1 aliphatic rings. The molecule has 4 N–H and O–H groups in total. The summed E-state index contributed by atoms with van der Waals surface area (Å²) >= 11 is 0. The van der Waals surface area contributed by atoms with Gasteiger partial charge in [-0.25, -0.2) is 4.79 Å². The zero-order valence-electron chi connectivity index (χ0n) is 9.03. The molecule has 0 amide bonds. The van der Waals surface area contributed by atoms with Crippen LogP contribution in [0.5, 0.6) is 0 Å². The Kier molecular flexibility index (Phi) is 3.05. The van der Waals surface area contributed by atoms with E-state index in [0.29, 0.717) is 4.57 Å². The predicted molar refractivity (Wildman–Crippen MR) is 54.9 cm³/mol. The van der Waals surface area contributed by atoms with E-state index in [1.807, 2.05) is 0 Å². The topological polar surface area (TPSA) is 111 Å². The maximum absolute atomic E-state index is 13.7. The van der Waals surface area contributed by atoms with Gasteiger partial charge < -0.3 is 20.7 Å². The number of nitrogen functional groups attached to an aromatic ring is 1. The number of aliphatic hydroxyl groups is 2. The van der Waals surface area contributed by atoms with Gasteiger partial charge in [0.15, 0.2) is 6.10 Å². The maximum Gasteiger partial charge on any atom is 0.351 e. The van der Waals surface area contributed by atoms with Gasteiger partial charge in [-0.15, -0.1) is 0 Å². The fourth-order valence-corrected chi connectivity index (χ4v) is 1.72. The molecule has 18 heavy (non-hydrogen) atoms. The molecule has 0 aromatic carbocycles. The van der Waals surface area contributed by atoms with Crippen LogP contribution in [-0.4, -0.2) is 44.5 Å². The Morgan fingerprint density at radius 1 is 1.61 bits per heavy atom. The number of nitrogens with two attached hydrogens (primary N) is 1. The van der Waals surface area contributed by atoms with Crippen molar-refractivity contribution < 1.29 is 23.7 Å². The Labute approximate surface area is 99.4 Å². The van der Waals surface area contributed by atoms with Crippen LogP contribution < -0.4 is 11.4 Å². The average molecular weight is 266 g/mol. The Balaban J connectivity index is 2.42. The fraction of sp³-hybridized carbons (Fsp3) is 0.556. The minimum absolute atomic E-state index is 0.114. The standard InChI is InChI=1S/C9H11F2N3O4/c10-9(11)6(16)4(3-15)18-7(9)14-2-1-5(12)13-8(14)17/h1-2,4,6-7,15-16H,3H2,(H2,12,13,17)/t4-,6+,7+/m0/s1/i8+1,13+1,14+1. The van der Waals surface area contributed by atoms with E-state index in [1.165, 1.54) is 0 Å². The summed E-state index contributed by atoms with van der Waals surface area (Å²) in [5.41, 5.74) is 4.21. The Morgan fingerprint density at radius 2 is 2.28 bits per heavy atom. The van der Waals surface area contributed by atoms with Gasteiger partial charge in [0.25, 0.3) is 0 Å². The lowest BCUT2D eigenvalue weighted by molar-refractivity contribution is -0.140. The number of ether oxygens (including phenoxy) is 1. The van der Waals surface area contributed by atoms with E-state index in [2.05, 4.69) is 4.98 Å². The molecular weight excluding hydrogens is 255 g/mol. The van der Waals surface area contributed by atoms with Gasteiger partial charge >= 0.3 is 11.6 Å². The number of hydrogen-bond donors (Lipinski definition) is 3. The molecule has 0 radical (unpaired) electrons. The van der Waals surface area contributed by atoms with Crippen molar-refractivity contribution in [2.45, 2.75) is 24.4 Å². The molecule has 0 saturated carbocycles. The summed E-state index contributed by atoms with van der Waals surface area (Å²) in [5.74, 6) is -3.83. The number of alkyl halides is 2. The molecule has 100 valence electrons. The molecule has 2 heterocycles. The van der Waals surface area contributed by atoms with Crippen LogP contribution >= 0.6 is 0 Å². The molecule has 0 aliphatic carbocycles. The van der Waals surface area contributed by atoms with Crippen LogP contribution in [0.4, 0.5) is 14.6 Å². The lowest BCUT2D eigenvalue weighted by Gasteiger charge is -2.20. The first-order chi connectivity index (χ1) is 8.37. The van der Waals surface area contributed by atoms with E-state index in [1.54, 1.807) is 0 Å². The average Bonchev–Trinajstić information content (AvgIpc) is 2.52. The van der Waals surface area contributed by atoms with E-state index in [0.717, 1.165) is 12.3 Å². The van der Waals surface area contributed by atoms with Gasteiger partial charge in [-0.1, -0.05) is 0 Å². The SMILES string of the molecule is Nc1cc[15n]([C@@H]2O[C@@H](CO)[C@@H](O)C2(F)F)[13c](=O)[15n]1. The highest BCUT2D eigenvalue weighted by Crippen LogP contribution is 2.41. The van der Waals surface area contributed by atoms with Gasteiger partial charge in [-0.3, -0.25) is 4.57 Å². The molecule has 9 heteroatoms. The van der Waals surface area contributed by atoms with Crippen molar-refractivity contribution >= 4 is 5.82 Å². The van der Waals surface area contributed by atoms with E-state index in [-0.39, 0.29) is 5.82 Å². The van der Waals surface area contributed by atoms with Crippen molar-refractivity contribution in [2.75, 3.05) is 12.3 Å². The van der Waals surface area contributed by atoms with Crippen LogP contribution in [-0.2, 0) is 4.74 Å². The van der Waals surface area contributed by atoms with Gasteiger partial charge in [0.05, 0.1) is 6.61 Å². The molecule has 3 atom stereocenters. The van der Waals surface area contributed by atoms with Crippen LogP contribution in [0.1, 0.15) is 6.23 Å². The minimum Gasteiger partial charge on any atom is -0.394 e. The highest BCUT2D eigenvalue weighted by atomic mass is 19.3. The van der Waals surface area contributed by atoms with Crippen molar-refractivity contribution in [3.8, 4) is 0 Å². The molecule has 0 spiro atoms. The molecule has 0 bridgehead atoms. The van der Waals surface area contributed by atoms with E-state index < -0.39 is 36.7 Å². The normalized spacial score (nSPS) is 30.6. The summed E-state index contributed by atoms with van der Waals surface area (Å²) in [6.45, 7) is -0.787. The van der Waals surface area contributed by atoms with Crippen molar-refractivity contribution in [1.82, 2.24) is 9.55 Å². The number of aliphatic hydroxyl groups excluding tert-OH is 2. The van der Waals surface area contributed by atoms with Gasteiger partial charge in [0.1, 0.15) is 11.9 Å². The second kappa shape index (κ2) is 4.26. The third-order valence-corrected chi connectivity index (χ3v) is 2.66. The zero-order valence-corrected chi connectivity index (χ0v) is 9.03. The quantitative estimate of drug-likeness (QED) is 0.614. The predicted octanol–water partition coefficient (Wildman–Crippen LogP) is -1.29. The monoisotopic (exact) mass is 266 g/mol. The van der Waals surface area contributed by atoms with Crippen molar-refractivity contribution in [3.63, 3.8) is 0 Å². The molecule has 1 aromatic heterocycles. The third-order valence-electron chi connectivity index (χ3n) is 2.66. The largest absolute Gasteiger partial charge is 0.394 e. The summed E-state index contributed by atoms with van der Waals surface area (Å²) in [5, 5.41) is 18.1. The molecule has 1 aliphatic heterocycles. The molecule has 7 nitrogen and oxygen atoms in total. The first-order valence-electron chi connectivity index (χ1n) is 5.04.